The quantitative estimate of drug-likeness (QED) is 0.810. The highest BCUT2D eigenvalue weighted by Gasteiger charge is 2.08. The topological polar surface area (TPSA) is 41.5 Å². The van der Waals surface area contributed by atoms with Crippen molar-refractivity contribution >= 4 is 11.6 Å². The van der Waals surface area contributed by atoms with E-state index in [0.29, 0.717) is 11.6 Å². The number of rotatable bonds is 5. The van der Waals surface area contributed by atoms with Crippen LogP contribution in [0.1, 0.15) is 12.5 Å². The van der Waals surface area contributed by atoms with E-state index in [4.69, 9.17) is 21.4 Å². The van der Waals surface area contributed by atoms with E-state index < -0.39 is 0 Å². The van der Waals surface area contributed by atoms with Crippen molar-refractivity contribution in [3.63, 3.8) is 0 Å². The molecule has 1 aromatic carbocycles. The Hall–Kier alpha value is -0.770. The van der Waals surface area contributed by atoms with Crippen LogP contribution in [0.3, 0.4) is 0 Å². The molecule has 1 atom stereocenters. The molecule has 15 heavy (non-hydrogen) atoms. The van der Waals surface area contributed by atoms with Gasteiger partial charge in [-0.15, -0.1) is 0 Å². The highest BCUT2D eigenvalue weighted by atomic mass is 35.5. The highest BCUT2D eigenvalue weighted by molar-refractivity contribution is 6.31. The Morgan fingerprint density at radius 2 is 2.27 bits per heavy atom. The van der Waals surface area contributed by atoms with E-state index in [0.717, 1.165) is 11.3 Å². The Balaban J connectivity index is 2.74. The molecule has 0 amide bonds. The Labute approximate surface area is 95.0 Å². The summed E-state index contributed by atoms with van der Waals surface area (Å²) in [7, 11) is 1.62. The zero-order valence-corrected chi connectivity index (χ0v) is 9.71. The second kappa shape index (κ2) is 5.95. The number of benzene rings is 1. The molecule has 1 aromatic rings. The van der Waals surface area contributed by atoms with Crippen LogP contribution >= 0.6 is 11.6 Å². The summed E-state index contributed by atoms with van der Waals surface area (Å²) in [6, 6.07) is 5.59. The van der Waals surface area contributed by atoms with E-state index in [1.54, 1.807) is 7.11 Å². The van der Waals surface area contributed by atoms with Crippen molar-refractivity contribution in [2.45, 2.75) is 19.5 Å². The summed E-state index contributed by atoms with van der Waals surface area (Å²) in [4.78, 5) is 0. The van der Waals surface area contributed by atoms with Crippen LogP contribution in [0.25, 0.3) is 0 Å². The van der Waals surface area contributed by atoms with Crippen LogP contribution in [0, 0.1) is 0 Å². The summed E-state index contributed by atoms with van der Waals surface area (Å²) in [5.74, 6) is 0.764. The molecule has 0 aliphatic heterocycles. The fourth-order valence-electron chi connectivity index (χ4n) is 1.24. The molecule has 0 aliphatic rings. The maximum absolute atomic E-state index is 8.88. The van der Waals surface area contributed by atoms with E-state index in [2.05, 4.69) is 5.32 Å². The van der Waals surface area contributed by atoms with E-state index >= 15 is 0 Å². The van der Waals surface area contributed by atoms with Gasteiger partial charge in [-0.25, -0.2) is 0 Å². The molecule has 4 heteroatoms. The molecule has 0 heterocycles. The highest BCUT2D eigenvalue weighted by Crippen LogP contribution is 2.25. The summed E-state index contributed by atoms with van der Waals surface area (Å²) < 4.78 is 5.21. The molecule has 0 bridgehead atoms. The van der Waals surface area contributed by atoms with Gasteiger partial charge >= 0.3 is 0 Å². The van der Waals surface area contributed by atoms with Crippen LogP contribution in [0.2, 0.25) is 5.02 Å². The minimum absolute atomic E-state index is 0.0472. The third kappa shape index (κ3) is 3.38. The molecule has 1 rings (SSSR count). The molecule has 3 nitrogen and oxygen atoms in total. The lowest BCUT2D eigenvalue weighted by Gasteiger charge is -2.14. The van der Waals surface area contributed by atoms with Crippen molar-refractivity contribution in [3.8, 4) is 5.75 Å². The SMILES string of the molecule is COc1cccc(Cl)c1CNC(C)CO. The van der Waals surface area contributed by atoms with Crippen molar-refractivity contribution in [2.75, 3.05) is 13.7 Å². The molecular weight excluding hydrogens is 214 g/mol. The molecule has 84 valence electrons. The number of halogens is 1. The summed E-state index contributed by atoms with van der Waals surface area (Å²) in [6.07, 6.45) is 0. The van der Waals surface area contributed by atoms with Gasteiger partial charge in [-0.2, -0.15) is 0 Å². The first-order valence-electron chi connectivity index (χ1n) is 4.84. The fourth-order valence-corrected chi connectivity index (χ4v) is 1.48. The van der Waals surface area contributed by atoms with Gasteiger partial charge in [0.25, 0.3) is 0 Å². The van der Waals surface area contributed by atoms with Crippen LogP contribution in [-0.4, -0.2) is 24.9 Å². The molecule has 0 saturated heterocycles. The first-order valence-corrected chi connectivity index (χ1v) is 5.22. The van der Waals surface area contributed by atoms with Gasteiger partial charge in [-0.1, -0.05) is 17.7 Å². The second-order valence-electron chi connectivity index (χ2n) is 3.39. The average molecular weight is 230 g/mol. The predicted octanol–water partition coefficient (Wildman–Crippen LogP) is 1.82. The first-order chi connectivity index (χ1) is 7.19. The molecule has 0 saturated carbocycles. The molecule has 0 aliphatic carbocycles. The van der Waals surface area contributed by atoms with Crippen LogP contribution in [0.5, 0.6) is 5.75 Å². The fraction of sp³-hybridized carbons (Fsp3) is 0.455. The standard InChI is InChI=1S/C11H16ClNO2/c1-8(7-14)13-6-9-10(12)4-3-5-11(9)15-2/h3-5,8,13-14H,6-7H2,1-2H3. The first kappa shape index (κ1) is 12.3. The molecule has 1 unspecified atom stereocenters. The predicted molar refractivity (Wildman–Crippen MR) is 61.4 cm³/mol. The van der Waals surface area contributed by atoms with Gasteiger partial charge < -0.3 is 15.2 Å². The van der Waals surface area contributed by atoms with Crippen molar-refractivity contribution in [1.29, 1.82) is 0 Å². The van der Waals surface area contributed by atoms with E-state index in [-0.39, 0.29) is 12.6 Å². The van der Waals surface area contributed by atoms with Gasteiger partial charge in [0.2, 0.25) is 0 Å². The summed E-state index contributed by atoms with van der Waals surface area (Å²) in [6.45, 7) is 2.60. The maximum atomic E-state index is 8.88. The lowest BCUT2D eigenvalue weighted by molar-refractivity contribution is 0.250. The van der Waals surface area contributed by atoms with Crippen molar-refractivity contribution in [1.82, 2.24) is 5.32 Å². The molecule has 0 radical (unpaired) electrons. The number of nitrogens with one attached hydrogen (secondary N) is 1. The Bertz CT molecular complexity index is 317. The summed E-state index contributed by atoms with van der Waals surface area (Å²) in [5, 5.41) is 12.7. The largest absolute Gasteiger partial charge is 0.496 e. The van der Waals surface area contributed by atoms with Gasteiger partial charge in [-0.3, -0.25) is 0 Å². The van der Waals surface area contributed by atoms with E-state index in [1.807, 2.05) is 25.1 Å². The smallest absolute Gasteiger partial charge is 0.124 e. The molecule has 0 aromatic heterocycles. The summed E-state index contributed by atoms with van der Waals surface area (Å²) >= 11 is 6.05. The minimum atomic E-state index is 0.0472. The van der Waals surface area contributed by atoms with Crippen molar-refractivity contribution < 1.29 is 9.84 Å². The molecule has 2 N–H and O–H groups in total. The average Bonchev–Trinajstić information content (AvgIpc) is 2.26. The Kier molecular flexibility index (Phi) is 4.88. The normalized spacial score (nSPS) is 12.5. The third-order valence-electron chi connectivity index (χ3n) is 2.20. The van der Waals surface area contributed by atoms with Gasteiger partial charge in [0.15, 0.2) is 0 Å². The second-order valence-corrected chi connectivity index (χ2v) is 3.79. The van der Waals surface area contributed by atoms with Gasteiger partial charge in [0.1, 0.15) is 5.75 Å². The lowest BCUT2D eigenvalue weighted by atomic mass is 10.2. The molecule has 0 spiro atoms. The van der Waals surface area contributed by atoms with Crippen LogP contribution in [-0.2, 0) is 6.54 Å². The maximum Gasteiger partial charge on any atom is 0.124 e. The van der Waals surface area contributed by atoms with Crippen LogP contribution in [0.4, 0.5) is 0 Å². The monoisotopic (exact) mass is 229 g/mol. The number of aliphatic hydroxyl groups excluding tert-OH is 1. The van der Waals surface area contributed by atoms with Gasteiger partial charge in [0, 0.05) is 23.2 Å². The number of aliphatic hydroxyl groups is 1. The minimum Gasteiger partial charge on any atom is -0.496 e. The van der Waals surface area contributed by atoms with Crippen LogP contribution < -0.4 is 10.1 Å². The van der Waals surface area contributed by atoms with Crippen LogP contribution in [0.15, 0.2) is 18.2 Å². The number of methoxy groups -OCH3 is 1. The Morgan fingerprint density at radius 3 is 2.87 bits per heavy atom. The third-order valence-corrected chi connectivity index (χ3v) is 2.55. The van der Waals surface area contributed by atoms with E-state index in [1.165, 1.54) is 0 Å². The van der Waals surface area contributed by atoms with Gasteiger partial charge in [-0.05, 0) is 19.1 Å². The van der Waals surface area contributed by atoms with Crippen molar-refractivity contribution in [2.24, 2.45) is 0 Å². The number of hydrogen-bond acceptors (Lipinski definition) is 3. The lowest BCUT2D eigenvalue weighted by Crippen LogP contribution is -2.28. The summed E-state index contributed by atoms with van der Waals surface area (Å²) in [5.41, 5.74) is 0.918. The zero-order valence-electron chi connectivity index (χ0n) is 8.96. The Morgan fingerprint density at radius 1 is 1.53 bits per heavy atom. The van der Waals surface area contributed by atoms with E-state index in [9.17, 15) is 0 Å². The number of ether oxygens (including phenoxy) is 1. The number of hydrogen-bond donors (Lipinski definition) is 2. The van der Waals surface area contributed by atoms with Crippen molar-refractivity contribution in [3.05, 3.63) is 28.8 Å². The zero-order chi connectivity index (χ0) is 11.3. The molecular formula is C11H16ClNO2. The van der Waals surface area contributed by atoms with Gasteiger partial charge in [0.05, 0.1) is 13.7 Å². The molecule has 0 fully saturated rings.